The van der Waals surface area contributed by atoms with Gasteiger partial charge in [-0.2, -0.15) is 12.6 Å². The van der Waals surface area contributed by atoms with Crippen molar-refractivity contribution in [1.82, 2.24) is 16.0 Å². The van der Waals surface area contributed by atoms with E-state index in [2.05, 4.69) is 33.6 Å². The normalized spacial score (nSPS) is 15.4. The zero-order valence-corrected chi connectivity index (χ0v) is 21.3. The largest absolute Gasteiger partial charge is 0.480 e. The number of aliphatic imine (C=N–C) groups is 1. The molecule has 0 aliphatic rings. The minimum absolute atomic E-state index is 0.0548. The number of hydrogen-bond donors (Lipinski definition) is 8. The third-order valence-electron chi connectivity index (χ3n) is 5.23. The molecule has 0 aromatic heterocycles. The van der Waals surface area contributed by atoms with Crippen molar-refractivity contribution in [2.75, 3.05) is 12.3 Å². The van der Waals surface area contributed by atoms with E-state index in [9.17, 15) is 24.3 Å². The number of nitrogens with one attached hydrogen (secondary N) is 3. The molecule has 0 heterocycles. The minimum Gasteiger partial charge on any atom is -0.480 e. The summed E-state index contributed by atoms with van der Waals surface area (Å²) in [6.45, 7) is 7.51. The van der Waals surface area contributed by atoms with Gasteiger partial charge < -0.3 is 38.3 Å². The van der Waals surface area contributed by atoms with Crippen molar-refractivity contribution in [2.24, 2.45) is 34.0 Å². The first-order valence-corrected chi connectivity index (χ1v) is 12.0. The predicted molar refractivity (Wildman–Crippen MR) is 134 cm³/mol. The summed E-state index contributed by atoms with van der Waals surface area (Å²) in [4.78, 5) is 53.8. The number of rotatable bonds is 16. The molecule has 0 radical (unpaired) electrons. The lowest BCUT2D eigenvalue weighted by molar-refractivity contribution is -0.144. The smallest absolute Gasteiger partial charge is 0.326 e. The average Bonchev–Trinajstić information content (AvgIpc) is 2.76. The molecule has 0 spiro atoms. The molecule has 13 heteroatoms. The molecule has 0 rings (SSSR count). The van der Waals surface area contributed by atoms with Gasteiger partial charge in [0.1, 0.15) is 18.1 Å². The molecular formula is C21H41N7O5S. The van der Waals surface area contributed by atoms with Crippen molar-refractivity contribution in [2.45, 2.75) is 77.5 Å². The number of carbonyl (C=O) groups excluding carboxylic acids is 3. The van der Waals surface area contributed by atoms with Crippen LogP contribution in [0.4, 0.5) is 0 Å². The van der Waals surface area contributed by atoms with Crippen LogP contribution in [-0.2, 0) is 19.2 Å². The third-order valence-corrected chi connectivity index (χ3v) is 5.62. The molecule has 0 saturated carbocycles. The van der Waals surface area contributed by atoms with Gasteiger partial charge in [-0.15, -0.1) is 0 Å². The lowest BCUT2D eigenvalue weighted by Gasteiger charge is -2.27. The molecule has 0 aliphatic heterocycles. The summed E-state index contributed by atoms with van der Waals surface area (Å²) in [7, 11) is 0. The topological polar surface area (TPSA) is 215 Å². The maximum Gasteiger partial charge on any atom is 0.326 e. The van der Waals surface area contributed by atoms with E-state index in [4.69, 9.17) is 17.2 Å². The second kappa shape index (κ2) is 16.1. The van der Waals surface area contributed by atoms with Gasteiger partial charge in [-0.05, 0) is 31.1 Å². The van der Waals surface area contributed by atoms with Crippen molar-refractivity contribution in [3.05, 3.63) is 0 Å². The van der Waals surface area contributed by atoms with Gasteiger partial charge in [0, 0.05) is 12.3 Å². The molecule has 0 fully saturated rings. The molecule has 0 saturated heterocycles. The number of carboxylic acid groups (broad SMARTS) is 1. The Morgan fingerprint density at radius 2 is 1.53 bits per heavy atom. The molecule has 0 aromatic carbocycles. The van der Waals surface area contributed by atoms with E-state index >= 15 is 0 Å². The van der Waals surface area contributed by atoms with Gasteiger partial charge in [-0.25, -0.2) is 4.79 Å². The zero-order chi connectivity index (χ0) is 26.4. The van der Waals surface area contributed by atoms with Crippen LogP contribution in [0.25, 0.3) is 0 Å². The monoisotopic (exact) mass is 503 g/mol. The Bertz CT molecular complexity index is 716. The lowest BCUT2D eigenvalue weighted by atomic mass is 9.98. The Kier molecular flexibility index (Phi) is 14.9. The van der Waals surface area contributed by atoms with E-state index in [0.29, 0.717) is 19.3 Å². The highest BCUT2D eigenvalue weighted by molar-refractivity contribution is 7.80. The molecule has 196 valence electrons. The van der Waals surface area contributed by atoms with E-state index in [1.54, 1.807) is 6.92 Å². The summed E-state index contributed by atoms with van der Waals surface area (Å²) in [6, 6.07) is -4.00. The second-order valence-corrected chi connectivity index (χ2v) is 9.06. The molecule has 10 N–H and O–H groups in total. The van der Waals surface area contributed by atoms with Crippen molar-refractivity contribution < 1.29 is 24.3 Å². The number of guanidine groups is 1. The zero-order valence-electron chi connectivity index (χ0n) is 20.4. The van der Waals surface area contributed by atoms with Crippen molar-refractivity contribution >= 4 is 42.3 Å². The van der Waals surface area contributed by atoms with Crippen LogP contribution >= 0.6 is 12.6 Å². The Morgan fingerprint density at radius 3 is 2.00 bits per heavy atom. The Hall–Kier alpha value is -2.54. The van der Waals surface area contributed by atoms with Crippen LogP contribution in [-0.4, -0.2) is 71.2 Å². The number of hydrogen-bond acceptors (Lipinski definition) is 7. The lowest BCUT2D eigenvalue weighted by Crippen LogP contribution is -2.58. The number of amides is 3. The Morgan fingerprint density at radius 1 is 0.971 bits per heavy atom. The number of nitrogens with zero attached hydrogens (tertiary/aromatic N) is 1. The summed E-state index contributed by atoms with van der Waals surface area (Å²) < 4.78 is 0. The van der Waals surface area contributed by atoms with Crippen LogP contribution in [0, 0.1) is 11.8 Å². The van der Waals surface area contributed by atoms with Crippen LogP contribution in [0.2, 0.25) is 0 Å². The van der Waals surface area contributed by atoms with Crippen LogP contribution in [0.1, 0.15) is 53.4 Å². The Balaban J connectivity index is 5.63. The van der Waals surface area contributed by atoms with Gasteiger partial charge in [0.25, 0.3) is 0 Å². The molecule has 3 amide bonds. The van der Waals surface area contributed by atoms with E-state index in [1.807, 2.05) is 20.8 Å². The Labute approximate surface area is 206 Å². The van der Waals surface area contributed by atoms with Crippen LogP contribution in [0.3, 0.4) is 0 Å². The minimum atomic E-state index is -1.17. The number of aliphatic carboxylic acids is 1. The quantitative estimate of drug-likeness (QED) is 0.0560. The standard InChI is InChI=1S/C21H41N7O5S/c1-5-12(4)16(20(32)33)28-18(30)14(7-6-8-25-21(23)24)26-19(31)15(9-11(2)3)27-17(29)13(22)10-34/h11-16,34H,5-10,22H2,1-4H3,(H,26,31)(H,27,29)(H,28,30)(H,32,33)(H4,23,24,25). The summed E-state index contributed by atoms with van der Waals surface area (Å²) >= 11 is 4.00. The highest BCUT2D eigenvalue weighted by Crippen LogP contribution is 2.11. The molecule has 5 unspecified atom stereocenters. The van der Waals surface area contributed by atoms with Gasteiger partial charge in [-0.1, -0.05) is 34.1 Å². The first kappa shape index (κ1) is 31.5. The van der Waals surface area contributed by atoms with Crippen LogP contribution in [0.15, 0.2) is 4.99 Å². The number of nitrogens with two attached hydrogens (primary N) is 3. The summed E-state index contributed by atoms with van der Waals surface area (Å²) in [5.74, 6) is -3.20. The number of carbonyl (C=O) groups is 4. The first-order valence-electron chi connectivity index (χ1n) is 11.4. The molecule has 5 atom stereocenters. The number of thiol groups is 1. The molecule has 0 bridgehead atoms. The fraction of sp³-hybridized carbons (Fsp3) is 0.762. The van der Waals surface area contributed by atoms with E-state index in [0.717, 1.165) is 0 Å². The SMILES string of the molecule is CCC(C)C(NC(=O)C(CCCN=C(N)N)NC(=O)C(CC(C)C)NC(=O)C(N)CS)C(=O)O. The van der Waals surface area contributed by atoms with Crippen molar-refractivity contribution in [1.29, 1.82) is 0 Å². The van der Waals surface area contributed by atoms with Crippen LogP contribution < -0.4 is 33.2 Å². The van der Waals surface area contributed by atoms with Gasteiger partial charge >= 0.3 is 5.97 Å². The van der Waals surface area contributed by atoms with Gasteiger partial charge in [0.05, 0.1) is 6.04 Å². The molecule has 0 aromatic rings. The molecule has 34 heavy (non-hydrogen) atoms. The summed E-state index contributed by atoms with van der Waals surface area (Å²) in [6.07, 6.45) is 1.35. The number of carboxylic acids is 1. The molecular weight excluding hydrogens is 462 g/mol. The van der Waals surface area contributed by atoms with Gasteiger partial charge in [-0.3, -0.25) is 19.4 Å². The predicted octanol–water partition coefficient (Wildman–Crippen LogP) is -1.07. The first-order chi connectivity index (χ1) is 15.8. The van der Waals surface area contributed by atoms with E-state index in [1.165, 1.54) is 0 Å². The van der Waals surface area contributed by atoms with Crippen LogP contribution in [0.5, 0.6) is 0 Å². The van der Waals surface area contributed by atoms with Crippen molar-refractivity contribution in [3.63, 3.8) is 0 Å². The summed E-state index contributed by atoms with van der Waals surface area (Å²) in [5, 5.41) is 17.3. The summed E-state index contributed by atoms with van der Waals surface area (Å²) in [5.41, 5.74) is 16.3. The highest BCUT2D eigenvalue weighted by Gasteiger charge is 2.31. The van der Waals surface area contributed by atoms with Gasteiger partial charge in [0.15, 0.2) is 5.96 Å². The third kappa shape index (κ3) is 12.1. The highest BCUT2D eigenvalue weighted by atomic mass is 32.1. The maximum absolute atomic E-state index is 13.0. The molecule has 0 aliphatic carbocycles. The molecule has 12 nitrogen and oxygen atoms in total. The van der Waals surface area contributed by atoms with Gasteiger partial charge in [0.2, 0.25) is 17.7 Å². The van der Waals surface area contributed by atoms with E-state index < -0.39 is 47.9 Å². The fourth-order valence-corrected chi connectivity index (χ4v) is 3.21. The second-order valence-electron chi connectivity index (χ2n) is 8.70. The average molecular weight is 504 g/mol. The van der Waals surface area contributed by atoms with E-state index in [-0.39, 0.29) is 36.5 Å². The maximum atomic E-state index is 13.0. The fourth-order valence-electron chi connectivity index (χ4n) is 3.05. The van der Waals surface area contributed by atoms with Crippen molar-refractivity contribution in [3.8, 4) is 0 Å².